The first-order valence-electron chi connectivity index (χ1n) is 5.21. The molecule has 0 aliphatic heterocycles. The van der Waals surface area contributed by atoms with Crippen LogP contribution in [-0.4, -0.2) is 22.1 Å². The molecule has 0 spiro atoms. The van der Waals surface area contributed by atoms with Gasteiger partial charge in [0.15, 0.2) is 0 Å². The zero-order valence-corrected chi connectivity index (χ0v) is 9.03. The molecule has 5 heteroatoms. The lowest BCUT2D eigenvalue weighted by Gasteiger charge is -2.10. The van der Waals surface area contributed by atoms with Crippen molar-refractivity contribution in [2.24, 2.45) is 5.73 Å². The Labute approximate surface area is 93.0 Å². The lowest BCUT2D eigenvalue weighted by molar-refractivity contribution is -0.117. The van der Waals surface area contributed by atoms with Crippen LogP contribution in [-0.2, 0) is 4.79 Å². The number of amides is 1. The van der Waals surface area contributed by atoms with Gasteiger partial charge in [-0.25, -0.2) is 0 Å². The number of para-hydroxylation sites is 1. The van der Waals surface area contributed by atoms with Crippen LogP contribution in [0.2, 0.25) is 0 Å². The summed E-state index contributed by atoms with van der Waals surface area (Å²) in [5.74, 6) is -0.176. The lowest BCUT2D eigenvalue weighted by Crippen LogP contribution is -2.34. The first kappa shape index (κ1) is 10.6. The number of carbonyl (C=O) groups is 1. The van der Waals surface area contributed by atoms with Gasteiger partial charge in [-0.15, -0.1) is 0 Å². The van der Waals surface area contributed by atoms with E-state index in [0.29, 0.717) is 12.1 Å². The maximum atomic E-state index is 11.6. The molecule has 4 N–H and O–H groups in total. The molecule has 0 aliphatic carbocycles. The molecule has 1 unspecified atom stereocenters. The molecule has 0 bridgehead atoms. The fourth-order valence-corrected chi connectivity index (χ4v) is 1.48. The third-order valence-corrected chi connectivity index (χ3v) is 2.51. The van der Waals surface area contributed by atoms with E-state index in [1.165, 1.54) is 0 Å². The number of aromatic nitrogens is 2. The molecule has 1 heterocycles. The van der Waals surface area contributed by atoms with Crippen molar-refractivity contribution in [1.82, 2.24) is 10.2 Å². The van der Waals surface area contributed by atoms with Crippen molar-refractivity contribution >= 4 is 22.5 Å². The van der Waals surface area contributed by atoms with E-state index in [-0.39, 0.29) is 5.91 Å². The standard InChI is InChI=1S/C11H14N4O/c1-2-8(12)11(16)14-9-5-3-4-7-6-13-15-10(7)9/h3-6,8H,2,12H2,1H3,(H,13,15)(H,14,16). The summed E-state index contributed by atoms with van der Waals surface area (Å²) in [5.41, 5.74) is 7.18. The van der Waals surface area contributed by atoms with E-state index in [0.717, 1.165) is 10.9 Å². The van der Waals surface area contributed by atoms with E-state index in [1.807, 2.05) is 25.1 Å². The number of fused-ring (bicyclic) bond motifs is 1. The van der Waals surface area contributed by atoms with Gasteiger partial charge >= 0.3 is 0 Å². The van der Waals surface area contributed by atoms with Gasteiger partial charge in [-0.1, -0.05) is 19.1 Å². The first-order valence-corrected chi connectivity index (χ1v) is 5.21. The average Bonchev–Trinajstić information content (AvgIpc) is 2.77. The zero-order chi connectivity index (χ0) is 11.5. The Morgan fingerprint density at radius 2 is 2.44 bits per heavy atom. The average molecular weight is 218 g/mol. The Balaban J connectivity index is 2.27. The molecule has 1 atom stereocenters. The predicted octanol–water partition coefficient (Wildman–Crippen LogP) is 1.24. The Hall–Kier alpha value is -1.88. The number of nitrogens with one attached hydrogen (secondary N) is 2. The van der Waals surface area contributed by atoms with E-state index >= 15 is 0 Å². The predicted molar refractivity (Wildman–Crippen MR) is 63.0 cm³/mol. The van der Waals surface area contributed by atoms with Crippen LogP contribution in [0.15, 0.2) is 24.4 Å². The number of nitrogens with zero attached hydrogens (tertiary/aromatic N) is 1. The van der Waals surface area contributed by atoms with Crippen LogP contribution in [0.25, 0.3) is 10.9 Å². The highest BCUT2D eigenvalue weighted by Crippen LogP contribution is 2.20. The van der Waals surface area contributed by atoms with Gasteiger partial charge in [-0.3, -0.25) is 9.89 Å². The van der Waals surface area contributed by atoms with Crippen molar-refractivity contribution in [1.29, 1.82) is 0 Å². The van der Waals surface area contributed by atoms with E-state index in [9.17, 15) is 4.79 Å². The van der Waals surface area contributed by atoms with E-state index < -0.39 is 6.04 Å². The summed E-state index contributed by atoms with van der Waals surface area (Å²) in [4.78, 5) is 11.6. The van der Waals surface area contributed by atoms with Crippen LogP contribution in [0.3, 0.4) is 0 Å². The number of carbonyl (C=O) groups excluding carboxylic acids is 1. The summed E-state index contributed by atoms with van der Waals surface area (Å²) in [6.45, 7) is 1.88. The lowest BCUT2D eigenvalue weighted by atomic mass is 10.2. The number of rotatable bonds is 3. The van der Waals surface area contributed by atoms with Gasteiger partial charge in [0.2, 0.25) is 5.91 Å². The van der Waals surface area contributed by atoms with Crippen molar-refractivity contribution in [2.75, 3.05) is 5.32 Å². The van der Waals surface area contributed by atoms with E-state index in [2.05, 4.69) is 15.5 Å². The molecule has 2 aromatic rings. The summed E-state index contributed by atoms with van der Waals surface area (Å²) in [6.07, 6.45) is 2.33. The first-order chi connectivity index (χ1) is 7.72. The van der Waals surface area contributed by atoms with Crippen LogP contribution < -0.4 is 11.1 Å². The summed E-state index contributed by atoms with van der Waals surface area (Å²) in [6, 6.07) is 5.14. The van der Waals surface area contributed by atoms with Gasteiger partial charge in [0.05, 0.1) is 23.4 Å². The van der Waals surface area contributed by atoms with Crippen molar-refractivity contribution in [3.8, 4) is 0 Å². The molecule has 16 heavy (non-hydrogen) atoms. The van der Waals surface area contributed by atoms with Gasteiger partial charge in [0.25, 0.3) is 0 Å². The monoisotopic (exact) mass is 218 g/mol. The highest BCUT2D eigenvalue weighted by Gasteiger charge is 2.12. The molecule has 1 amide bonds. The smallest absolute Gasteiger partial charge is 0.241 e. The maximum Gasteiger partial charge on any atom is 0.241 e. The number of H-pyrrole nitrogens is 1. The fourth-order valence-electron chi connectivity index (χ4n) is 1.48. The van der Waals surface area contributed by atoms with Crippen LogP contribution in [0.1, 0.15) is 13.3 Å². The van der Waals surface area contributed by atoms with Gasteiger partial charge in [0, 0.05) is 5.39 Å². The Morgan fingerprint density at radius 3 is 3.19 bits per heavy atom. The maximum absolute atomic E-state index is 11.6. The second-order valence-corrected chi connectivity index (χ2v) is 3.64. The number of aromatic amines is 1. The van der Waals surface area contributed by atoms with Crippen molar-refractivity contribution in [3.05, 3.63) is 24.4 Å². The van der Waals surface area contributed by atoms with Crippen molar-refractivity contribution < 1.29 is 4.79 Å². The number of hydrogen-bond donors (Lipinski definition) is 3. The van der Waals surface area contributed by atoms with Gasteiger partial charge in [-0.2, -0.15) is 5.10 Å². The summed E-state index contributed by atoms with van der Waals surface area (Å²) >= 11 is 0. The highest BCUT2D eigenvalue weighted by molar-refractivity contribution is 6.01. The Morgan fingerprint density at radius 1 is 1.62 bits per heavy atom. The number of hydrogen-bond acceptors (Lipinski definition) is 3. The van der Waals surface area contributed by atoms with Crippen LogP contribution in [0.5, 0.6) is 0 Å². The summed E-state index contributed by atoms with van der Waals surface area (Å²) in [5, 5.41) is 10.5. The molecule has 1 aromatic carbocycles. The molecule has 84 valence electrons. The van der Waals surface area contributed by atoms with E-state index in [4.69, 9.17) is 5.73 Å². The fraction of sp³-hybridized carbons (Fsp3) is 0.273. The third kappa shape index (κ3) is 1.90. The molecule has 2 rings (SSSR count). The SMILES string of the molecule is CCC(N)C(=O)Nc1cccc2cn[nH]c12. The van der Waals surface area contributed by atoms with Crippen molar-refractivity contribution in [2.45, 2.75) is 19.4 Å². The number of benzene rings is 1. The van der Waals surface area contributed by atoms with Crippen LogP contribution >= 0.6 is 0 Å². The molecule has 0 saturated heterocycles. The second-order valence-electron chi connectivity index (χ2n) is 3.64. The summed E-state index contributed by atoms with van der Waals surface area (Å²) < 4.78 is 0. The number of anilines is 1. The topological polar surface area (TPSA) is 83.8 Å². The normalized spacial score (nSPS) is 12.6. The molecule has 0 radical (unpaired) electrons. The molecule has 0 fully saturated rings. The van der Waals surface area contributed by atoms with Gasteiger partial charge < -0.3 is 11.1 Å². The second kappa shape index (κ2) is 4.32. The summed E-state index contributed by atoms with van der Waals surface area (Å²) in [7, 11) is 0. The van der Waals surface area contributed by atoms with Gasteiger partial charge in [0.1, 0.15) is 0 Å². The quantitative estimate of drug-likeness (QED) is 0.724. The Kier molecular flexibility index (Phi) is 2.87. The number of nitrogens with two attached hydrogens (primary N) is 1. The minimum Gasteiger partial charge on any atom is -0.323 e. The van der Waals surface area contributed by atoms with Crippen LogP contribution in [0, 0.1) is 0 Å². The highest BCUT2D eigenvalue weighted by atomic mass is 16.2. The minimum absolute atomic E-state index is 0.176. The molecule has 0 aliphatic rings. The van der Waals surface area contributed by atoms with Crippen LogP contribution in [0.4, 0.5) is 5.69 Å². The third-order valence-electron chi connectivity index (χ3n) is 2.51. The molecule has 1 aromatic heterocycles. The van der Waals surface area contributed by atoms with Crippen molar-refractivity contribution in [3.63, 3.8) is 0 Å². The van der Waals surface area contributed by atoms with Gasteiger partial charge in [-0.05, 0) is 12.5 Å². The van der Waals surface area contributed by atoms with E-state index in [1.54, 1.807) is 6.20 Å². The molecule has 5 nitrogen and oxygen atoms in total. The largest absolute Gasteiger partial charge is 0.323 e. The zero-order valence-electron chi connectivity index (χ0n) is 9.03. The Bertz CT molecular complexity index is 505. The molecular formula is C11H14N4O. The molecular weight excluding hydrogens is 204 g/mol. The molecule has 0 saturated carbocycles. The minimum atomic E-state index is -0.474.